The summed E-state index contributed by atoms with van der Waals surface area (Å²) in [5, 5.41) is 0. The Labute approximate surface area is 220 Å². The highest BCUT2D eigenvalue weighted by molar-refractivity contribution is 5.91. The molecule has 202 valence electrons. The first-order chi connectivity index (χ1) is 17.5. The van der Waals surface area contributed by atoms with E-state index < -0.39 is 0 Å². The van der Waals surface area contributed by atoms with Gasteiger partial charge in [-0.3, -0.25) is 0 Å². The van der Waals surface area contributed by atoms with Gasteiger partial charge in [0.1, 0.15) is 6.10 Å². The molecule has 0 amide bonds. The first-order valence-corrected chi connectivity index (χ1v) is 15.4. The second-order valence-corrected chi connectivity index (χ2v) is 12.5. The Hall–Kier alpha value is -1.71. The molecule has 0 atom stereocenters. The maximum atomic E-state index is 12.6. The standard InChI is InChI=1S/C32H52N2O2/c1-2-3-4-5-6-7-23-8-10-24(11-9-23)25-12-14-26(15-13-25)27-16-18-31(19-17-27)36-32(35)28-20-29(33)22-30(34)21-28/h20-27,31H,2-19,33-34H2,1H3. The van der Waals surface area contributed by atoms with Gasteiger partial charge in [0.25, 0.3) is 0 Å². The zero-order valence-corrected chi connectivity index (χ0v) is 22.9. The number of rotatable bonds is 10. The van der Waals surface area contributed by atoms with Crippen LogP contribution in [0.1, 0.15) is 133 Å². The lowest BCUT2D eigenvalue weighted by atomic mass is 9.65. The minimum absolute atomic E-state index is 0.0366. The molecule has 3 aliphatic carbocycles. The molecule has 4 nitrogen and oxygen atoms in total. The van der Waals surface area contributed by atoms with Crippen molar-refractivity contribution in [2.75, 3.05) is 11.5 Å². The molecule has 0 unspecified atom stereocenters. The Kier molecular flexibility index (Phi) is 10.4. The van der Waals surface area contributed by atoms with Crippen LogP contribution in [0.2, 0.25) is 0 Å². The molecule has 1 aromatic carbocycles. The molecule has 0 aliphatic heterocycles. The monoisotopic (exact) mass is 496 g/mol. The van der Waals surface area contributed by atoms with Crippen molar-refractivity contribution in [1.82, 2.24) is 0 Å². The van der Waals surface area contributed by atoms with E-state index >= 15 is 0 Å². The minimum atomic E-state index is -0.288. The Bertz CT molecular complexity index is 780. The number of anilines is 2. The van der Waals surface area contributed by atoms with Crippen LogP contribution in [-0.4, -0.2) is 12.1 Å². The number of nitrogens with two attached hydrogens (primary N) is 2. The number of hydrogen-bond donors (Lipinski definition) is 2. The molecule has 0 heterocycles. The van der Waals surface area contributed by atoms with E-state index in [4.69, 9.17) is 16.2 Å². The van der Waals surface area contributed by atoms with E-state index in [0.717, 1.165) is 42.4 Å². The van der Waals surface area contributed by atoms with Crippen molar-refractivity contribution in [1.29, 1.82) is 0 Å². The molecule has 0 spiro atoms. The summed E-state index contributed by atoms with van der Waals surface area (Å²) in [6.45, 7) is 2.31. The quantitative estimate of drug-likeness (QED) is 0.193. The van der Waals surface area contributed by atoms with Crippen LogP contribution in [0.4, 0.5) is 11.4 Å². The van der Waals surface area contributed by atoms with Gasteiger partial charge in [-0.2, -0.15) is 0 Å². The number of ether oxygens (including phenoxy) is 1. The van der Waals surface area contributed by atoms with E-state index in [1.807, 2.05) is 0 Å². The maximum Gasteiger partial charge on any atom is 0.338 e. The van der Waals surface area contributed by atoms with Crippen LogP contribution in [0.5, 0.6) is 0 Å². The molecule has 3 fully saturated rings. The normalized spacial score (nSPS) is 31.1. The van der Waals surface area contributed by atoms with Crippen LogP contribution in [0, 0.1) is 29.6 Å². The van der Waals surface area contributed by atoms with Gasteiger partial charge >= 0.3 is 5.97 Å². The number of unbranched alkanes of at least 4 members (excludes halogenated alkanes) is 4. The Morgan fingerprint density at radius 1 is 0.694 bits per heavy atom. The highest BCUT2D eigenvalue weighted by atomic mass is 16.5. The van der Waals surface area contributed by atoms with Gasteiger partial charge in [-0.25, -0.2) is 4.79 Å². The van der Waals surface area contributed by atoms with Crippen LogP contribution in [0.15, 0.2) is 18.2 Å². The first kappa shape index (κ1) is 27.3. The number of esters is 1. The number of nitrogen functional groups attached to an aromatic ring is 2. The Morgan fingerprint density at radius 2 is 1.17 bits per heavy atom. The van der Waals surface area contributed by atoms with Crippen molar-refractivity contribution in [2.45, 2.75) is 129 Å². The van der Waals surface area contributed by atoms with Crippen LogP contribution in [0.25, 0.3) is 0 Å². The van der Waals surface area contributed by atoms with Gasteiger partial charge in [0.05, 0.1) is 5.56 Å². The largest absolute Gasteiger partial charge is 0.459 e. The summed E-state index contributed by atoms with van der Waals surface area (Å²) in [5.74, 6) is 4.47. The van der Waals surface area contributed by atoms with Crippen molar-refractivity contribution in [3.05, 3.63) is 23.8 Å². The van der Waals surface area contributed by atoms with E-state index in [2.05, 4.69) is 6.92 Å². The minimum Gasteiger partial charge on any atom is -0.459 e. The number of hydrogen-bond acceptors (Lipinski definition) is 4. The zero-order valence-electron chi connectivity index (χ0n) is 22.9. The van der Waals surface area contributed by atoms with E-state index in [9.17, 15) is 4.79 Å². The molecular weight excluding hydrogens is 444 g/mol. The molecule has 4 rings (SSSR count). The average molecular weight is 497 g/mol. The van der Waals surface area contributed by atoms with E-state index in [1.54, 1.807) is 18.2 Å². The molecule has 0 saturated heterocycles. The molecule has 3 aliphatic rings. The van der Waals surface area contributed by atoms with Crippen LogP contribution >= 0.6 is 0 Å². The molecule has 0 aromatic heterocycles. The van der Waals surface area contributed by atoms with Crippen molar-refractivity contribution >= 4 is 17.3 Å². The predicted molar refractivity (Wildman–Crippen MR) is 151 cm³/mol. The molecule has 3 saturated carbocycles. The van der Waals surface area contributed by atoms with Crippen molar-refractivity contribution in [3.63, 3.8) is 0 Å². The summed E-state index contributed by atoms with van der Waals surface area (Å²) in [5.41, 5.74) is 13.2. The van der Waals surface area contributed by atoms with Gasteiger partial charge in [0.2, 0.25) is 0 Å². The third kappa shape index (κ3) is 7.89. The SMILES string of the molecule is CCCCCCCC1CCC(C2CCC(C3CCC(OC(=O)c4cc(N)cc(N)c4)CC3)CC2)CC1. The number of benzene rings is 1. The van der Waals surface area contributed by atoms with Gasteiger partial charge in [0, 0.05) is 11.4 Å². The average Bonchev–Trinajstić information content (AvgIpc) is 2.89. The summed E-state index contributed by atoms with van der Waals surface area (Å²) in [4.78, 5) is 12.6. The zero-order chi connectivity index (χ0) is 25.3. The molecule has 36 heavy (non-hydrogen) atoms. The third-order valence-electron chi connectivity index (χ3n) is 9.96. The maximum absolute atomic E-state index is 12.6. The van der Waals surface area contributed by atoms with Crippen molar-refractivity contribution < 1.29 is 9.53 Å². The third-order valence-corrected chi connectivity index (χ3v) is 9.96. The fourth-order valence-corrected chi connectivity index (χ4v) is 7.76. The second-order valence-electron chi connectivity index (χ2n) is 12.5. The molecule has 1 aromatic rings. The lowest BCUT2D eigenvalue weighted by molar-refractivity contribution is 0.00998. The summed E-state index contributed by atoms with van der Waals surface area (Å²) >= 11 is 0. The predicted octanol–water partition coefficient (Wildman–Crippen LogP) is 8.54. The second kappa shape index (κ2) is 13.7. The van der Waals surface area contributed by atoms with Crippen molar-refractivity contribution in [2.24, 2.45) is 29.6 Å². The fraction of sp³-hybridized carbons (Fsp3) is 0.781. The smallest absolute Gasteiger partial charge is 0.338 e. The summed E-state index contributed by atoms with van der Waals surface area (Å²) < 4.78 is 5.82. The summed E-state index contributed by atoms with van der Waals surface area (Å²) in [6, 6.07) is 4.98. The fourth-order valence-electron chi connectivity index (χ4n) is 7.76. The molecular formula is C32H52N2O2. The number of carbonyl (C=O) groups excluding carboxylic acids is 1. The number of carbonyl (C=O) groups is 1. The van der Waals surface area contributed by atoms with Gasteiger partial charge in [-0.1, -0.05) is 58.3 Å². The van der Waals surface area contributed by atoms with E-state index in [-0.39, 0.29) is 12.1 Å². The topological polar surface area (TPSA) is 78.3 Å². The lowest BCUT2D eigenvalue weighted by Crippen LogP contribution is -2.31. The van der Waals surface area contributed by atoms with Crippen LogP contribution in [0.3, 0.4) is 0 Å². The first-order valence-electron chi connectivity index (χ1n) is 15.4. The lowest BCUT2D eigenvalue weighted by Gasteiger charge is -2.41. The summed E-state index contributed by atoms with van der Waals surface area (Å²) in [6.07, 6.45) is 24.9. The van der Waals surface area contributed by atoms with Crippen LogP contribution in [-0.2, 0) is 4.74 Å². The molecule has 0 radical (unpaired) electrons. The van der Waals surface area contributed by atoms with E-state index in [1.165, 1.54) is 103 Å². The Morgan fingerprint density at radius 3 is 1.69 bits per heavy atom. The highest BCUT2D eigenvalue weighted by Crippen LogP contribution is 2.46. The van der Waals surface area contributed by atoms with Gasteiger partial charge in [0.15, 0.2) is 0 Å². The van der Waals surface area contributed by atoms with E-state index in [0.29, 0.717) is 16.9 Å². The Balaban J connectivity index is 1.11. The van der Waals surface area contributed by atoms with Crippen LogP contribution < -0.4 is 11.5 Å². The molecule has 4 N–H and O–H groups in total. The van der Waals surface area contributed by atoms with Gasteiger partial charge in [-0.15, -0.1) is 0 Å². The van der Waals surface area contributed by atoms with Gasteiger partial charge < -0.3 is 16.2 Å². The van der Waals surface area contributed by atoms with Crippen molar-refractivity contribution in [3.8, 4) is 0 Å². The summed E-state index contributed by atoms with van der Waals surface area (Å²) in [7, 11) is 0. The molecule has 0 bridgehead atoms. The highest BCUT2D eigenvalue weighted by Gasteiger charge is 2.35. The molecule has 4 heteroatoms. The van der Waals surface area contributed by atoms with Gasteiger partial charge in [-0.05, 0) is 112 Å².